The smallest absolute Gasteiger partial charge is 0.254 e. The Morgan fingerprint density at radius 3 is 2.61 bits per heavy atom. The molecule has 2 heterocycles. The summed E-state index contributed by atoms with van der Waals surface area (Å²) in [6.07, 6.45) is 1.97. The van der Waals surface area contributed by atoms with Crippen molar-refractivity contribution in [3.63, 3.8) is 0 Å². The maximum atomic E-state index is 13.4. The average Bonchev–Trinajstić information content (AvgIpc) is 3.08. The molecule has 0 bridgehead atoms. The van der Waals surface area contributed by atoms with Crippen LogP contribution in [0.5, 0.6) is 0 Å². The molecular weight excluding hydrogens is 406 g/mol. The minimum Gasteiger partial charge on any atom is -0.342 e. The van der Waals surface area contributed by atoms with Gasteiger partial charge in [0, 0.05) is 18.7 Å². The van der Waals surface area contributed by atoms with E-state index in [1.54, 1.807) is 0 Å². The van der Waals surface area contributed by atoms with Gasteiger partial charge in [-0.15, -0.1) is 0 Å². The number of aromatic amines is 1. The highest BCUT2D eigenvalue weighted by atomic mass is 16.2. The van der Waals surface area contributed by atoms with E-state index in [9.17, 15) is 4.79 Å². The Morgan fingerprint density at radius 1 is 0.879 bits per heavy atom. The fraction of sp³-hybridized carbons (Fsp3) is 0.172. The number of nitrogens with zero attached hydrogens (tertiary/aromatic N) is 2. The summed E-state index contributed by atoms with van der Waals surface area (Å²) in [5.41, 5.74) is 7.67. The zero-order valence-electron chi connectivity index (χ0n) is 18.6. The van der Waals surface area contributed by atoms with E-state index < -0.39 is 0 Å². The van der Waals surface area contributed by atoms with E-state index in [2.05, 4.69) is 58.5 Å². The first-order valence-electron chi connectivity index (χ1n) is 11.5. The van der Waals surface area contributed by atoms with Gasteiger partial charge in [-0.2, -0.15) is 0 Å². The summed E-state index contributed by atoms with van der Waals surface area (Å²) in [7, 11) is 0. The highest BCUT2D eigenvalue weighted by molar-refractivity contribution is 5.98. The molecule has 1 aliphatic rings. The molecule has 1 N–H and O–H groups in total. The summed E-state index contributed by atoms with van der Waals surface area (Å²) in [5.74, 6) is 1.03. The summed E-state index contributed by atoms with van der Waals surface area (Å²) >= 11 is 0. The third-order valence-electron chi connectivity index (χ3n) is 6.66. The fourth-order valence-corrected chi connectivity index (χ4v) is 4.93. The van der Waals surface area contributed by atoms with Crippen LogP contribution in [0.2, 0.25) is 0 Å². The van der Waals surface area contributed by atoms with Crippen molar-refractivity contribution in [1.29, 1.82) is 0 Å². The molecule has 162 valence electrons. The number of benzene rings is 4. The lowest BCUT2D eigenvalue weighted by Gasteiger charge is -2.21. The molecule has 0 radical (unpaired) electrons. The van der Waals surface area contributed by atoms with E-state index in [0.717, 1.165) is 63.7 Å². The number of carbonyl (C=O) groups is 1. The number of amides is 1. The van der Waals surface area contributed by atoms with Gasteiger partial charge in [0.25, 0.3) is 5.91 Å². The number of hydrogen-bond donors (Lipinski definition) is 1. The second-order valence-corrected chi connectivity index (χ2v) is 8.93. The van der Waals surface area contributed by atoms with Crippen LogP contribution < -0.4 is 0 Å². The van der Waals surface area contributed by atoms with Gasteiger partial charge in [-0.05, 0) is 83.1 Å². The first kappa shape index (κ1) is 19.7. The fourth-order valence-electron chi connectivity index (χ4n) is 4.93. The number of imidazole rings is 1. The number of nitrogens with one attached hydrogen (secondary N) is 1. The van der Waals surface area contributed by atoms with Crippen molar-refractivity contribution in [2.45, 2.75) is 26.3 Å². The minimum atomic E-state index is 0.104. The molecule has 5 aromatic rings. The standard InChI is InChI=1S/C29H25N3O/c1-19-30-27-13-12-24(17-28(27)31-19)23-10-8-21-7-4-14-32(18-26(21)16-23)29(33)25-11-9-20-5-2-3-6-22(20)15-25/h2-3,5-6,8-13,15-17H,4,7,14,18H2,1H3,(H,30,31). The van der Waals surface area contributed by atoms with Gasteiger partial charge in [0.2, 0.25) is 0 Å². The molecule has 4 heteroatoms. The Labute approximate surface area is 192 Å². The molecule has 0 fully saturated rings. The Hall–Kier alpha value is -3.92. The van der Waals surface area contributed by atoms with E-state index >= 15 is 0 Å². The number of rotatable bonds is 2. The number of aryl methyl sites for hydroxylation is 2. The van der Waals surface area contributed by atoms with Gasteiger partial charge < -0.3 is 9.88 Å². The predicted octanol–water partition coefficient (Wildman–Crippen LogP) is 6.28. The molecule has 0 atom stereocenters. The molecule has 1 aliphatic heterocycles. The van der Waals surface area contributed by atoms with Gasteiger partial charge in [0.05, 0.1) is 11.0 Å². The third-order valence-corrected chi connectivity index (χ3v) is 6.66. The first-order chi connectivity index (χ1) is 16.1. The van der Waals surface area contributed by atoms with Crippen LogP contribution in [0.1, 0.15) is 33.7 Å². The zero-order valence-corrected chi connectivity index (χ0v) is 18.6. The lowest BCUT2D eigenvalue weighted by Crippen LogP contribution is -2.30. The number of hydrogen-bond acceptors (Lipinski definition) is 2. The van der Waals surface area contributed by atoms with E-state index in [0.29, 0.717) is 6.54 Å². The molecule has 4 aromatic carbocycles. The lowest BCUT2D eigenvalue weighted by atomic mass is 9.97. The topological polar surface area (TPSA) is 49.0 Å². The number of fused-ring (bicyclic) bond motifs is 3. The molecule has 6 rings (SSSR count). The molecule has 0 saturated carbocycles. The van der Waals surface area contributed by atoms with E-state index in [1.807, 2.05) is 42.2 Å². The van der Waals surface area contributed by atoms with Crippen LogP contribution in [0.15, 0.2) is 78.9 Å². The van der Waals surface area contributed by atoms with E-state index in [1.165, 1.54) is 11.1 Å². The maximum Gasteiger partial charge on any atom is 0.254 e. The van der Waals surface area contributed by atoms with Crippen molar-refractivity contribution >= 4 is 27.7 Å². The summed E-state index contributed by atoms with van der Waals surface area (Å²) in [5, 5.41) is 2.26. The monoisotopic (exact) mass is 431 g/mol. The molecule has 4 nitrogen and oxygen atoms in total. The van der Waals surface area contributed by atoms with Crippen LogP contribution >= 0.6 is 0 Å². The van der Waals surface area contributed by atoms with Crippen LogP contribution in [0.4, 0.5) is 0 Å². The van der Waals surface area contributed by atoms with Gasteiger partial charge in [0.15, 0.2) is 0 Å². The predicted molar refractivity (Wildman–Crippen MR) is 133 cm³/mol. The maximum absolute atomic E-state index is 13.4. The summed E-state index contributed by atoms with van der Waals surface area (Å²) < 4.78 is 0. The molecular formula is C29H25N3O. The summed E-state index contributed by atoms with van der Waals surface area (Å²) in [6.45, 7) is 3.38. The van der Waals surface area contributed by atoms with Gasteiger partial charge in [-0.1, -0.05) is 48.5 Å². The van der Waals surface area contributed by atoms with Gasteiger partial charge in [0.1, 0.15) is 5.82 Å². The van der Waals surface area contributed by atoms with E-state index in [4.69, 9.17) is 0 Å². The molecule has 0 spiro atoms. The van der Waals surface area contributed by atoms with Gasteiger partial charge in [-0.3, -0.25) is 4.79 Å². The number of carbonyl (C=O) groups excluding carboxylic acids is 1. The van der Waals surface area contributed by atoms with Crippen LogP contribution in [0.3, 0.4) is 0 Å². The Morgan fingerprint density at radius 2 is 1.70 bits per heavy atom. The van der Waals surface area contributed by atoms with Crippen molar-refractivity contribution in [3.05, 3.63) is 101 Å². The highest BCUT2D eigenvalue weighted by Gasteiger charge is 2.21. The number of H-pyrrole nitrogens is 1. The molecule has 1 aromatic heterocycles. The molecule has 0 aliphatic carbocycles. The van der Waals surface area contributed by atoms with E-state index in [-0.39, 0.29) is 5.91 Å². The average molecular weight is 432 g/mol. The summed E-state index contributed by atoms with van der Waals surface area (Å²) in [4.78, 5) is 23.3. The van der Waals surface area contributed by atoms with Crippen molar-refractivity contribution in [1.82, 2.24) is 14.9 Å². The second-order valence-electron chi connectivity index (χ2n) is 8.93. The highest BCUT2D eigenvalue weighted by Crippen LogP contribution is 2.29. The zero-order chi connectivity index (χ0) is 22.4. The molecule has 0 unspecified atom stereocenters. The SMILES string of the molecule is Cc1nc2cc(-c3ccc4c(c3)CN(C(=O)c3ccc5ccccc5c3)CCC4)ccc2[nH]1. The largest absolute Gasteiger partial charge is 0.342 e. The third kappa shape index (κ3) is 3.68. The Balaban J connectivity index is 1.32. The first-order valence-corrected chi connectivity index (χ1v) is 11.5. The normalized spacial score (nSPS) is 13.8. The van der Waals surface area contributed by atoms with Crippen molar-refractivity contribution in [2.75, 3.05) is 6.54 Å². The number of aromatic nitrogens is 2. The van der Waals surface area contributed by atoms with Crippen molar-refractivity contribution in [2.24, 2.45) is 0 Å². The summed E-state index contributed by atoms with van der Waals surface area (Å²) in [6, 6.07) is 27.2. The molecule has 1 amide bonds. The lowest BCUT2D eigenvalue weighted by molar-refractivity contribution is 0.0746. The van der Waals surface area contributed by atoms with Gasteiger partial charge >= 0.3 is 0 Å². The van der Waals surface area contributed by atoms with Crippen molar-refractivity contribution in [3.8, 4) is 11.1 Å². The van der Waals surface area contributed by atoms with Gasteiger partial charge in [-0.25, -0.2) is 4.98 Å². The van der Waals surface area contributed by atoms with Crippen LogP contribution in [-0.2, 0) is 13.0 Å². The van der Waals surface area contributed by atoms with Crippen LogP contribution in [-0.4, -0.2) is 27.3 Å². The van der Waals surface area contributed by atoms with Crippen LogP contribution in [0, 0.1) is 6.92 Å². The molecule has 33 heavy (non-hydrogen) atoms. The molecule has 0 saturated heterocycles. The Bertz CT molecular complexity index is 1510. The van der Waals surface area contributed by atoms with Crippen molar-refractivity contribution < 1.29 is 4.79 Å². The van der Waals surface area contributed by atoms with Crippen LogP contribution in [0.25, 0.3) is 32.9 Å². The second kappa shape index (κ2) is 7.89. The quantitative estimate of drug-likeness (QED) is 0.358. The minimum absolute atomic E-state index is 0.104. The Kier molecular flexibility index (Phi) is 4.72.